The quantitative estimate of drug-likeness (QED) is 0.767. The molecule has 0 spiro atoms. The molecule has 8 heteroatoms. The van der Waals surface area contributed by atoms with Gasteiger partial charge in [-0.2, -0.15) is 5.10 Å². The van der Waals surface area contributed by atoms with E-state index in [0.29, 0.717) is 0 Å². The third-order valence-corrected chi connectivity index (χ3v) is 3.71. The zero-order valence-electron chi connectivity index (χ0n) is 13.6. The number of carbonyl (C=O) groups excluding carboxylic acids is 2. The smallest absolute Gasteiger partial charge is 0.326 e. The van der Waals surface area contributed by atoms with E-state index in [0.717, 1.165) is 10.9 Å². The molecule has 128 valence electrons. The second-order valence-electron chi connectivity index (χ2n) is 5.45. The Bertz CT molecular complexity index is 755. The highest BCUT2D eigenvalue weighted by Crippen LogP contribution is 2.13. The van der Waals surface area contributed by atoms with Crippen molar-refractivity contribution < 1.29 is 19.5 Å². The van der Waals surface area contributed by atoms with Gasteiger partial charge >= 0.3 is 5.97 Å². The standard InChI is InChI=1S/C16H20N4O4/c1-11(16(23)24)19(8-7-17-12(2)21)15(22)10-20-14-6-4-3-5-13(14)9-18-20/h3-6,9,11H,7-8,10H2,1-2H3,(H,17,21)(H,23,24). The molecule has 1 atom stereocenters. The van der Waals surface area contributed by atoms with E-state index in [1.54, 1.807) is 6.20 Å². The lowest BCUT2D eigenvalue weighted by atomic mass is 10.2. The maximum absolute atomic E-state index is 12.6. The number of carboxylic acid groups (broad SMARTS) is 1. The number of nitrogens with one attached hydrogen (secondary N) is 1. The van der Waals surface area contributed by atoms with Crippen LogP contribution >= 0.6 is 0 Å². The molecule has 1 aromatic carbocycles. The Morgan fingerprint density at radius 1 is 1.33 bits per heavy atom. The lowest BCUT2D eigenvalue weighted by Gasteiger charge is -2.26. The summed E-state index contributed by atoms with van der Waals surface area (Å²) in [6.07, 6.45) is 1.66. The van der Waals surface area contributed by atoms with Gasteiger partial charge in [0.25, 0.3) is 0 Å². The Hall–Kier alpha value is -2.90. The van der Waals surface area contributed by atoms with Crippen molar-refractivity contribution in [2.24, 2.45) is 0 Å². The van der Waals surface area contributed by atoms with E-state index in [1.807, 2.05) is 24.3 Å². The van der Waals surface area contributed by atoms with Crippen LogP contribution in [0.3, 0.4) is 0 Å². The van der Waals surface area contributed by atoms with E-state index >= 15 is 0 Å². The van der Waals surface area contributed by atoms with Gasteiger partial charge < -0.3 is 15.3 Å². The van der Waals surface area contributed by atoms with Crippen LogP contribution in [0.5, 0.6) is 0 Å². The molecule has 2 rings (SSSR count). The Balaban J connectivity index is 2.14. The minimum Gasteiger partial charge on any atom is -0.480 e. The van der Waals surface area contributed by atoms with Gasteiger partial charge in [-0.15, -0.1) is 0 Å². The SMILES string of the molecule is CC(=O)NCCN(C(=O)Cn1ncc2ccccc21)C(C)C(=O)O. The van der Waals surface area contributed by atoms with Crippen molar-refractivity contribution in [3.05, 3.63) is 30.5 Å². The van der Waals surface area contributed by atoms with Crippen LogP contribution in [0.4, 0.5) is 0 Å². The van der Waals surface area contributed by atoms with Crippen LogP contribution in [0, 0.1) is 0 Å². The molecule has 0 aliphatic carbocycles. The van der Waals surface area contributed by atoms with E-state index in [1.165, 1.54) is 23.4 Å². The third kappa shape index (κ3) is 4.09. The first-order valence-corrected chi connectivity index (χ1v) is 7.57. The number of para-hydroxylation sites is 1. The number of hydrogen-bond donors (Lipinski definition) is 2. The van der Waals surface area contributed by atoms with Crippen LogP contribution in [0.2, 0.25) is 0 Å². The largest absolute Gasteiger partial charge is 0.480 e. The van der Waals surface area contributed by atoms with E-state index in [-0.39, 0.29) is 31.4 Å². The molecule has 1 heterocycles. The first kappa shape index (κ1) is 17.5. The van der Waals surface area contributed by atoms with Crippen molar-refractivity contribution in [2.45, 2.75) is 26.4 Å². The van der Waals surface area contributed by atoms with Gasteiger partial charge in [0.1, 0.15) is 12.6 Å². The lowest BCUT2D eigenvalue weighted by molar-refractivity contribution is -0.149. The van der Waals surface area contributed by atoms with Crippen molar-refractivity contribution in [3.63, 3.8) is 0 Å². The van der Waals surface area contributed by atoms with Gasteiger partial charge in [-0.3, -0.25) is 14.3 Å². The molecule has 2 aromatic rings. The molecule has 0 bridgehead atoms. The van der Waals surface area contributed by atoms with Crippen molar-refractivity contribution in [1.82, 2.24) is 20.0 Å². The summed E-state index contributed by atoms with van der Waals surface area (Å²) >= 11 is 0. The Morgan fingerprint density at radius 2 is 2.04 bits per heavy atom. The molecule has 0 saturated carbocycles. The fourth-order valence-electron chi connectivity index (χ4n) is 2.39. The van der Waals surface area contributed by atoms with Gasteiger partial charge in [0, 0.05) is 25.4 Å². The van der Waals surface area contributed by atoms with E-state index in [2.05, 4.69) is 10.4 Å². The van der Waals surface area contributed by atoms with Crippen LogP contribution < -0.4 is 5.32 Å². The number of carboxylic acids is 1. The lowest BCUT2D eigenvalue weighted by Crippen LogP contribution is -2.48. The summed E-state index contributed by atoms with van der Waals surface area (Å²) in [5.41, 5.74) is 0.802. The maximum atomic E-state index is 12.6. The number of amides is 2. The minimum absolute atomic E-state index is 0.0643. The van der Waals surface area contributed by atoms with Crippen LogP contribution in [-0.4, -0.2) is 56.7 Å². The average Bonchev–Trinajstić information content (AvgIpc) is 2.93. The van der Waals surface area contributed by atoms with E-state index < -0.39 is 12.0 Å². The summed E-state index contributed by atoms with van der Waals surface area (Å²) in [6, 6.07) is 6.46. The molecular formula is C16H20N4O4. The van der Waals surface area contributed by atoms with Gasteiger partial charge in [0.05, 0.1) is 11.7 Å². The highest BCUT2D eigenvalue weighted by atomic mass is 16.4. The van der Waals surface area contributed by atoms with Crippen molar-refractivity contribution in [2.75, 3.05) is 13.1 Å². The van der Waals surface area contributed by atoms with Gasteiger partial charge in [0.15, 0.2) is 0 Å². The summed E-state index contributed by atoms with van der Waals surface area (Å²) in [5, 5.41) is 16.9. The van der Waals surface area contributed by atoms with Crippen LogP contribution in [0.15, 0.2) is 30.5 Å². The number of aliphatic carboxylic acids is 1. The predicted octanol–water partition coefficient (Wildman–Crippen LogP) is 0.474. The van der Waals surface area contributed by atoms with E-state index in [9.17, 15) is 19.5 Å². The maximum Gasteiger partial charge on any atom is 0.326 e. The summed E-state index contributed by atoms with van der Waals surface area (Å²) in [4.78, 5) is 36.0. The Labute approximate surface area is 139 Å². The minimum atomic E-state index is -1.10. The van der Waals surface area contributed by atoms with Gasteiger partial charge in [-0.1, -0.05) is 18.2 Å². The number of aromatic nitrogens is 2. The summed E-state index contributed by atoms with van der Waals surface area (Å²) in [5.74, 6) is -1.70. The zero-order chi connectivity index (χ0) is 17.7. The number of fused-ring (bicyclic) bond motifs is 1. The topological polar surface area (TPSA) is 105 Å². The number of rotatable bonds is 7. The van der Waals surface area contributed by atoms with Crippen molar-refractivity contribution in [1.29, 1.82) is 0 Å². The predicted molar refractivity (Wildman–Crippen MR) is 87.2 cm³/mol. The molecule has 0 fully saturated rings. The molecule has 2 amide bonds. The summed E-state index contributed by atoms with van der Waals surface area (Å²) in [7, 11) is 0. The van der Waals surface area contributed by atoms with Gasteiger partial charge in [-0.05, 0) is 13.0 Å². The summed E-state index contributed by atoms with van der Waals surface area (Å²) < 4.78 is 1.54. The monoisotopic (exact) mass is 332 g/mol. The number of benzene rings is 1. The van der Waals surface area contributed by atoms with Crippen LogP contribution in [0.1, 0.15) is 13.8 Å². The first-order chi connectivity index (χ1) is 11.4. The van der Waals surface area contributed by atoms with Crippen molar-refractivity contribution in [3.8, 4) is 0 Å². The van der Waals surface area contributed by atoms with Gasteiger partial charge in [-0.25, -0.2) is 4.79 Å². The molecule has 2 N–H and O–H groups in total. The fourth-order valence-corrected chi connectivity index (χ4v) is 2.39. The zero-order valence-corrected chi connectivity index (χ0v) is 13.6. The molecule has 1 unspecified atom stereocenters. The highest BCUT2D eigenvalue weighted by molar-refractivity contribution is 5.85. The van der Waals surface area contributed by atoms with Gasteiger partial charge in [0.2, 0.25) is 11.8 Å². The molecule has 24 heavy (non-hydrogen) atoms. The average molecular weight is 332 g/mol. The second-order valence-corrected chi connectivity index (χ2v) is 5.45. The molecule has 0 radical (unpaired) electrons. The molecule has 8 nitrogen and oxygen atoms in total. The van der Waals surface area contributed by atoms with Crippen LogP contribution in [0.25, 0.3) is 10.9 Å². The number of hydrogen-bond acceptors (Lipinski definition) is 4. The first-order valence-electron chi connectivity index (χ1n) is 7.57. The molecular weight excluding hydrogens is 312 g/mol. The van der Waals surface area contributed by atoms with Crippen molar-refractivity contribution >= 4 is 28.7 Å². The second kappa shape index (κ2) is 7.58. The fraction of sp³-hybridized carbons (Fsp3) is 0.375. The molecule has 1 aromatic heterocycles. The highest BCUT2D eigenvalue weighted by Gasteiger charge is 2.25. The molecule has 0 aliphatic heterocycles. The normalized spacial score (nSPS) is 11.9. The molecule has 0 aliphatic rings. The summed E-state index contributed by atoms with van der Waals surface area (Å²) in [6.45, 7) is 3.05. The Kier molecular flexibility index (Phi) is 5.51. The molecule has 0 saturated heterocycles. The number of carbonyl (C=O) groups is 3. The Morgan fingerprint density at radius 3 is 2.71 bits per heavy atom. The third-order valence-electron chi connectivity index (χ3n) is 3.71. The van der Waals surface area contributed by atoms with Crippen LogP contribution in [-0.2, 0) is 20.9 Å². The number of nitrogens with zero attached hydrogens (tertiary/aromatic N) is 3. The van der Waals surface area contributed by atoms with E-state index in [4.69, 9.17) is 0 Å².